The zero-order valence-corrected chi connectivity index (χ0v) is 27.3. The molecule has 250 valence electrons. The number of aliphatic hydroxyl groups excluding tert-OH is 2. The van der Waals surface area contributed by atoms with Crippen LogP contribution in [-0.4, -0.2) is 108 Å². The molecule has 1 aromatic rings. The highest BCUT2D eigenvalue weighted by Crippen LogP contribution is 2.72. The van der Waals surface area contributed by atoms with E-state index >= 15 is 0 Å². The Balaban J connectivity index is 1.78. The lowest BCUT2D eigenvalue weighted by Gasteiger charge is -2.33. The number of aromatic nitrogens is 2. The van der Waals surface area contributed by atoms with Crippen molar-refractivity contribution in [2.45, 2.75) is 63.8 Å². The summed E-state index contributed by atoms with van der Waals surface area (Å²) in [5, 5.41) is 40.8. The lowest BCUT2D eigenvalue weighted by molar-refractivity contribution is -0.167. The number of carbonyl (C=O) groups excluding carboxylic acids is 2. The highest BCUT2D eigenvalue weighted by Gasteiger charge is 2.93. The van der Waals surface area contributed by atoms with Crippen molar-refractivity contribution in [1.82, 2.24) is 9.55 Å². The Bertz CT molecular complexity index is 1360. The van der Waals surface area contributed by atoms with E-state index < -0.39 is 92.1 Å². The Hall–Kier alpha value is -1.44. The van der Waals surface area contributed by atoms with Crippen LogP contribution in [0, 0.1) is 10.8 Å². The predicted octanol–water partition coefficient (Wildman–Crippen LogP) is 0.353. The SMILES string of the molecule is CC(C)(CO)C(=O)SCCOP(=O)(OCCSC(=O)C(C)(C)CO)OC1[C@]2(O)[C@@](C)(O)[C@H](n3ccc(=O)[nH]c3=O)O[C@]12CF. The van der Waals surface area contributed by atoms with Crippen molar-refractivity contribution < 1.29 is 57.3 Å². The molecule has 2 fully saturated rings. The van der Waals surface area contributed by atoms with E-state index in [2.05, 4.69) is 0 Å². The summed E-state index contributed by atoms with van der Waals surface area (Å²) in [4.78, 5) is 50.4. The van der Waals surface area contributed by atoms with Gasteiger partial charge in [0.1, 0.15) is 18.4 Å². The number of ether oxygens (including phenoxy) is 1. The molecule has 44 heavy (non-hydrogen) atoms. The van der Waals surface area contributed by atoms with Crippen LogP contribution in [0.1, 0.15) is 40.8 Å². The number of halogens is 1. The molecule has 5 N–H and O–H groups in total. The summed E-state index contributed by atoms with van der Waals surface area (Å²) < 4.78 is 50.9. The van der Waals surface area contributed by atoms with Crippen molar-refractivity contribution in [3.63, 3.8) is 0 Å². The normalized spacial score (nSPS) is 28.6. The molecule has 0 radical (unpaired) electrons. The summed E-state index contributed by atoms with van der Waals surface area (Å²) in [5.41, 5.74) is -11.2. The number of nitrogens with zero attached hydrogens (tertiary/aromatic N) is 1. The maximum Gasteiger partial charge on any atom is 0.475 e. The van der Waals surface area contributed by atoms with E-state index in [4.69, 9.17) is 18.3 Å². The third-order valence-electron chi connectivity index (χ3n) is 7.50. The van der Waals surface area contributed by atoms with Crippen LogP contribution in [0.4, 0.5) is 4.39 Å². The van der Waals surface area contributed by atoms with Gasteiger partial charge in [0.2, 0.25) is 0 Å². The van der Waals surface area contributed by atoms with Crippen LogP contribution in [-0.2, 0) is 32.5 Å². The summed E-state index contributed by atoms with van der Waals surface area (Å²) in [7, 11) is -4.73. The molecule has 1 unspecified atom stereocenters. The summed E-state index contributed by atoms with van der Waals surface area (Å²) in [6.07, 6.45) is -2.54. The molecule has 1 aliphatic heterocycles. The first-order valence-corrected chi connectivity index (χ1v) is 16.9. The van der Waals surface area contributed by atoms with Crippen LogP contribution in [0.3, 0.4) is 0 Å². The molecule has 19 heteroatoms. The number of aliphatic hydroxyl groups is 4. The van der Waals surface area contributed by atoms with Crippen LogP contribution in [0.2, 0.25) is 0 Å². The average Bonchev–Trinajstić information content (AvgIpc) is 3.41. The molecule has 1 saturated carbocycles. The van der Waals surface area contributed by atoms with Gasteiger partial charge in [-0.15, -0.1) is 0 Å². The van der Waals surface area contributed by atoms with E-state index in [1.54, 1.807) is 0 Å². The Morgan fingerprint density at radius 1 is 1.07 bits per heavy atom. The van der Waals surface area contributed by atoms with Gasteiger partial charge in [-0.2, -0.15) is 0 Å². The Labute approximate surface area is 260 Å². The van der Waals surface area contributed by atoms with Crippen molar-refractivity contribution in [2.75, 3.05) is 44.6 Å². The number of phosphoric ester groups is 1. The van der Waals surface area contributed by atoms with E-state index in [1.165, 1.54) is 27.7 Å². The Morgan fingerprint density at radius 2 is 1.57 bits per heavy atom. The molecule has 2 heterocycles. The van der Waals surface area contributed by atoms with Gasteiger partial charge in [0, 0.05) is 23.8 Å². The third-order valence-corrected chi connectivity index (χ3v) is 11.3. The minimum absolute atomic E-state index is 0.0640. The summed E-state index contributed by atoms with van der Waals surface area (Å²) in [5.74, 6) is -0.128. The molecule has 0 amide bonds. The lowest BCUT2D eigenvalue weighted by Crippen LogP contribution is -2.51. The number of thioether (sulfide) groups is 2. The average molecular weight is 689 g/mol. The summed E-state index contributed by atoms with van der Waals surface area (Å²) in [6.45, 7) is 4.05. The van der Waals surface area contributed by atoms with Gasteiger partial charge in [0.25, 0.3) is 5.56 Å². The number of H-pyrrole nitrogens is 1. The molecular formula is C25H38FN2O13PS2. The van der Waals surface area contributed by atoms with Crippen molar-refractivity contribution in [2.24, 2.45) is 10.8 Å². The van der Waals surface area contributed by atoms with E-state index in [9.17, 15) is 48.6 Å². The smallest absolute Gasteiger partial charge is 0.395 e. The standard InChI is InChI=1S/C25H38FN2O13PS2/c1-21(2,13-29)18(32)43-10-8-38-42(37,39-9-11-44-19(33)22(3,4)14-30)41-16-24(12-26)25(16,36)23(5,35)17(40-24)28-7-6-15(31)27-20(28)34/h6-7,16-17,29-30,35-36H,8-14H2,1-5H3,(H,27,31,34)/t16?,17-,23+,24-,25+/m1/s1. The molecule has 0 bridgehead atoms. The van der Waals surface area contributed by atoms with Crippen molar-refractivity contribution in [3.05, 3.63) is 33.1 Å². The summed E-state index contributed by atoms with van der Waals surface area (Å²) >= 11 is 1.56. The molecule has 2 aliphatic rings. The maximum absolute atomic E-state index is 14.6. The highest BCUT2D eigenvalue weighted by atomic mass is 32.2. The quantitative estimate of drug-likeness (QED) is 0.117. The fraction of sp³-hybridized carbons (Fsp3) is 0.760. The molecule has 15 nitrogen and oxygen atoms in total. The van der Waals surface area contributed by atoms with Gasteiger partial charge in [-0.05, 0) is 34.6 Å². The van der Waals surface area contributed by atoms with Gasteiger partial charge in [0.05, 0.1) is 37.3 Å². The minimum atomic E-state index is -4.73. The zero-order chi connectivity index (χ0) is 33.4. The van der Waals surface area contributed by atoms with Crippen molar-refractivity contribution in [1.29, 1.82) is 0 Å². The number of carbonyl (C=O) groups is 2. The molecule has 5 atom stereocenters. The number of nitrogens with one attached hydrogen (secondary N) is 1. The van der Waals surface area contributed by atoms with Gasteiger partial charge >= 0.3 is 13.5 Å². The van der Waals surface area contributed by atoms with Gasteiger partial charge in [-0.3, -0.25) is 37.5 Å². The van der Waals surface area contributed by atoms with E-state index in [-0.39, 0.29) is 21.7 Å². The van der Waals surface area contributed by atoms with Crippen LogP contribution >= 0.6 is 31.3 Å². The summed E-state index contributed by atoms with van der Waals surface area (Å²) in [6, 6.07) is 0.954. The van der Waals surface area contributed by atoms with Crippen LogP contribution in [0.15, 0.2) is 21.9 Å². The second kappa shape index (κ2) is 13.4. The largest absolute Gasteiger partial charge is 0.475 e. The number of phosphoric acid groups is 1. The molecule has 1 aromatic heterocycles. The molecular weight excluding hydrogens is 650 g/mol. The van der Waals surface area contributed by atoms with Crippen molar-refractivity contribution in [3.8, 4) is 0 Å². The second-order valence-electron chi connectivity index (χ2n) is 11.9. The second-order valence-corrected chi connectivity index (χ2v) is 15.6. The van der Waals surface area contributed by atoms with Gasteiger partial charge in [-0.1, -0.05) is 23.5 Å². The first-order valence-electron chi connectivity index (χ1n) is 13.4. The first kappa shape index (κ1) is 37.0. The fourth-order valence-electron chi connectivity index (χ4n) is 4.42. The van der Waals surface area contributed by atoms with Gasteiger partial charge in [-0.25, -0.2) is 13.8 Å². The number of aromatic amines is 1. The third kappa shape index (κ3) is 6.81. The molecule has 1 saturated heterocycles. The maximum atomic E-state index is 14.6. The Morgan fingerprint density at radius 3 is 1.98 bits per heavy atom. The number of fused-ring (bicyclic) bond motifs is 1. The highest BCUT2D eigenvalue weighted by molar-refractivity contribution is 8.14. The number of alkyl halides is 1. The van der Waals surface area contributed by atoms with Crippen LogP contribution in [0.5, 0.6) is 0 Å². The zero-order valence-electron chi connectivity index (χ0n) is 24.8. The number of hydrogen-bond donors (Lipinski definition) is 5. The molecule has 1 aliphatic carbocycles. The molecule has 3 rings (SSSR count). The number of rotatable bonds is 16. The van der Waals surface area contributed by atoms with Crippen LogP contribution < -0.4 is 11.2 Å². The number of hydrogen-bond acceptors (Lipinski definition) is 15. The first-order chi connectivity index (χ1) is 20.3. The van der Waals surface area contributed by atoms with Crippen LogP contribution in [0.25, 0.3) is 0 Å². The van der Waals surface area contributed by atoms with Gasteiger partial charge in [0.15, 0.2) is 27.7 Å². The van der Waals surface area contributed by atoms with E-state index in [0.717, 1.165) is 47.3 Å². The fourth-order valence-corrected chi connectivity index (χ4v) is 7.69. The lowest BCUT2D eigenvalue weighted by atomic mass is 9.94. The van der Waals surface area contributed by atoms with E-state index in [0.29, 0.717) is 0 Å². The van der Waals surface area contributed by atoms with Crippen molar-refractivity contribution >= 4 is 41.6 Å². The monoisotopic (exact) mass is 688 g/mol. The van der Waals surface area contributed by atoms with Gasteiger partial charge < -0.3 is 25.2 Å². The minimum Gasteiger partial charge on any atom is -0.395 e. The molecule has 0 spiro atoms. The topological polar surface area (TPSA) is 224 Å². The predicted molar refractivity (Wildman–Crippen MR) is 157 cm³/mol. The molecule has 0 aromatic carbocycles. The Kier molecular flexibility index (Phi) is 11.2. The van der Waals surface area contributed by atoms with E-state index in [1.807, 2.05) is 4.98 Å².